The number of nitrogens with zero attached hydrogens (tertiary/aromatic N) is 2. The van der Waals surface area contributed by atoms with E-state index in [1.807, 2.05) is 89.3 Å². The summed E-state index contributed by atoms with van der Waals surface area (Å²) in [5, 5.41) is 5.14. The lowest BCUT2D eigenvalue weighted by Gasteiger charge is -2.12. The van der Waals surface area contributed by atoms with Gasteiger partial charge in [-0.05, 0) is 62.2 Å². The highest BCUT2D eigenvalue weighted by molar-refractivity contribution is 7.70. The average Bonchev–Trinajstić information content (AvgIpc) is 3.24. The van der Waals surface area contributed by atoms with Crippen molar-refractivity contribution in [1.82, 2.24) is 15.0 Å². The van der Waals surface area contributed by atoms with Gasteiger partial charge in [-0.3, -0.25) is 0 Å². The van der Waals surface area contributed by atoms with Crippen LogP contribution in [0.3, 0.4) is 0 Å². The van der Waals surface area contributed by atoms with Crippen LogP contribution in [-0.2, 0) is 4.57 Å². The molecule has 0 aliphatic carbocycles. The summed E-state index contributed by atoms with van der Waals surface area (Å²) in [6.45, 7) is 13.6. The Bertz CT molecular complexity index is 1180. The highest BCUT2D eigenvalue weighted by atomic mass is 31.2. The summed E-state index contributed by atoms with van der Waals surface area (Å²) >= 11 is 0. The molecule has 0 radical (unpaired) electrons. The van der Waals surface area contributed by atoms with Crippen LogP contribution >= 0.6 is 7.14 Å². The smallest absolute Gasteiger partial charge is 0.227 e. The molecule has 31 heavy (non-hydrogen) atoms. The standard InChI is InChI=1S/C21H21N4OP.2C2H6/c1-14-5-4-6-15(11-14)24-21-23-10-8-19(25-21)18-12-16(27(2,3)26)13-20-17(18)7-9-22-20;2*1-2/h4-13,22H,1-3H3,(H,23,24,25);2*1-2H3. The average molecular weight is 437 g/mol. The molecular weight excluding hydrogens is 403 g/mol. The molecule has 0 bridgehead atoms. The van der Waals surface area contributed by atoms with E-state index in [1.165, 1.54) is 5.56 Å². The van der Waals surface area contributed by atoms with E-state index in [1.54, 1.807) is 19.5 Å². The van der Waals surface area contributed by atoms with Gasteiger partial charge in [-0.25, -0.2) is 9.97 Å². The fraction of sp³-hybridized carbons (Fsp3) is 0.280. The Labute approximate surface area is 185 Å². The molecule has 5 nitrogen and oxygen atoms in total. The molecule has 2 heterocycles. The van der Waals surface area contributed by atoms with Crippen molar-refractivity contribution in [3.8, 4) is 11.3 Å². The Hall–Kier alpha value is -2.91. The quantitative estimate of drug-likeness (QED) is 0.339. The maximum Gasteiger partial charge on any atom is 0.227 e. The van der Waals surface area contributed by atoms with E-state index in [4.69, 9.17) is 4.98 Å². The Morgan fingerprint density at radius 1 is 0.968 bits per heavy atom. The molecule has 6 heteroatoms. The maximum absolute atomic E-state index is 12.6. The van der Waals surface area contributed by atoms with Gasteiger partial charge < -0.3 is 14.9 Å². The van der Waals surface area contributed by atoms with Crippen LogP contribution in [0.5, 0.6) is 0 Å². The summed E-state index contributed by atoms with van der Waals surface area (Å²) in [4.78, 5) is 12.3. The largest absolute Gasteiger partial charge is 0.361 e. The molecule has 164 valence electrons. The van der Waals surface area contributed by atoms with E-state index in [9.17, 15) is 4.57 Å². The minimum atomic E-state index is -2.40. The lowest BCUT2D eigenvalue weighted by Crippen LogP contribution is -2.04. The van der Waals surface area contributed by atoms with Gasteiger partial charge >= 0.3 is 0 Å². The number of nitrogens with one attached hydrogen (secondary N) is 2. The van der Waals surface area contributed by atoms with Gasteiger partial charge in [0.2, 0.25) is 5.95 Å². The molecule has 4 rings (SSSR count). The number of rotatable bonds is 4. The zero-order valence-corrected chi connectivity index (χ0v) is 20.4. The summed E-state index contributed by atoms with van der Waals surface area (Å²) < 4.78 is 12.6. The number of anilines is 2. The maximum atomic E-state index is 12.6. The molecule has 0 aliphatic rings. The monoisotopic (exact) mass is 436 g/mol. The summed E-state index contributed by atoms with van der Waals surface area (Å²) in [6.07, 6.45) is 3.63. The van der Waals surface area contributed by atoms with Crippen LogP contribution in [-0.4, -0.2) is 28.3 Å². The second-order valence-corrected chi connectivity index (χ2v) is 10.3. The van der Waals surface area contributed by atoms with Crippen molar-refractivity contribution >= 4 is 35.0 Å². The van der Waals surface area contributed by atoms with Gasteiger partial charge in [0.25, 0.3) is 0 Å². The van der Waals surface area contributed by atoms with Gasteiger partial charge in [-0.2, -0.15) is 0 Å². The predicted molar refractivity (Wildman–Crippen MR) is 136 cm³/mol. The molecule has 4 aromatic rings. The number of aromatic nitrogens is 3. The van der Waals surface area contributed by atoms with Gasteiger partial charge in [-0.1, -0.05) is 39.8 Å². The first kappa shape index (κ1) is 24.4. The number of H-pyrrole nitrogens is 1. The van der Waals surface area contributed by atoms with Crippen LogP contribution < -0.4 is 10.6 Å². The fourth-order valence-corrected chi connectivity index (χ4v) is 3.98. The van der Waals surface area contributed by atoms with Crippen LogP contribution in [0.2, 0.25) is 0 Å². The van der Waals surface area contributed by atoms with Crippen molar-refractivity contribution in [2.45, 2.75) is 34.6 Å². The van der Waals surface area contributed by atoms with Crippen molar-refractivity contribution in [3.05, 3.63) is 66.5 Å². The first-order valence-corrected chi connectivity index (χ1v) is 13.3. The number of aromatic amines is 1. The second kappa shape index (κ2) is 10.9. The van der Waals surface area contributed by atoms with Gasteiger partial charge in [0.15, 0.2) is 0 Å². The molecule has 2 N–H and O–H groups in total. The molecule has 2 aromatic carbocycles. The van der Waals surface area contributed by atoms with Gasteiger partial charge in [0.1, 0.15) is 7.14 Å². The molecule has 0 fully saturated rings. The minimum absolute atomic E-state index is 0.531. The van der Waals surface area contributed by atoms with Crippen LogP contribution in [0.4, 0.5) is 11.6 Å². The zero-order valence-electron chi connectivity index (χ0n) is 19.5. The number of benzene rings is 2. The van der Waals surface area contributed by atoms with Gasteiger partial charge in [0.05, 0.1) is 5.69 Å². The van der Waals surface area contributed by atoms with Crippen molar-refractivity contribution in [1.29, 1.82) is 0 Å². The van der Waals surface area contributed by atoms with Crippen molar-refractivity contribution < 1.29 is 4.57 Å². The number of hydrogen-bond donors (Lipinski definition) is 2. The second-order valence-electron chi connectivity index (χ2n) is 7.04. The van der Waals surface area contributed by atoms with Crippen LogP contribution in [0.25, 0.3) is 22.2 Å². The van der Waals surface area contributed by atoms with Gasteiger partial charge in [-0.15, -0.1) is 0 Å². The third-order valence-corrected chi connectivity index (χ3v) is 5.98. The molecule has 0 amide bonds. The number of aryl methyl sites for hydroxylation is 1. The van der Waals surface area contributed by atoms with Gasteiger partial charge in [0, 0.05) is 39.9 Å². The molecular formula is C25H33N4OP. The van der Waals surface area contributed by atoms with Crippen molar-refractivity contribution in [2.75, 3.05) is 18.6 Å². The van der Waals surface area contributed by atoms with E-state index < -0.39 is 7.14 Å². The number of hydrogen-bond acceptors (Lipinski definition) is 4. The van der Waals surface area contributed by atoms with Crippen molar-refractivity contribution in [2.24, 2.45) is 0 Å². The topological polar surface area (TPSA) is 70.7 Å². The van der Waals surface area contributed by atoms with E-state index in [2.05, 4.69) is 15.3 Å². The Morgan fingerprint density at radius 3 is 2.39 bits per heavy atom. The first-order valence-electron chi connectivity index (χ1n) is 10.7. The zero-order chi connectivity index (χ0) is 23.0. The van der Waals surface area contributed by atoms with Crippen LogP contribution in [0, 0.1) is 6.92 Å². The molecule has 0 unspecified atom stereocenters. The van der Waals surface area contributed by atoms with E-state index in [0.717, 1.165) is 33.2 Å². The fourth-order valence-electron chi connectivity index (χ4n) is 3.10. The predicted octanol–water partition coefficient (Wildman–Crippen LogP) is 6.98. The summed E-state index contributed by atoms with van der Waals surface area (Å²) in [5.41, 5.74) is 4.81. The summed E-state index contributed by atoms with van der Waals surface area (Å²) in [7, 11) is -2.40. The Morgan fingerprint density at radius 2 is 1.71 bits per heavy atom. The van der Waals surface area contributed by atoms with E-state index in [-0.39, 0.29) is 0 Å². The first-order chi connectivity index (χ1) is 14.9. The number of fused-ring (bicyclic) bond motifs is 1. The molecule has 0 spiro atoms. The third kappa shape index (κ3) is 6.05. The molecule has 0 aliphatic heterocycles. The van der Waals surface area contributed by atoms with E-state index >= 15 is 0 Å². The molecule has 0 saturated carbocycles. The minimum Gasteiger partial charge on any atom is -0.361 e. The lowest BCUT2D eigenvalue weighted by molar-refractivity contribution is 0.588. The summed E-state index contributed by atoms with van der Waals surface area (Å²) in [6, 6.07) is 15.9. The third-order valence-electron chi connectivity index (χ3n) is 4.48. The molecule has 0 atom stereocenters. The SMILES string of the molecule is CC.CC.Cc1cccc(Nc2nccc(-c3cc(P(C)(C)=O)cc4[nH]ccc34)n2)c1. The highest BCUT2D eigenvalue weighted by Crippen LogP contribution is 2.38. The van der Waals surface area contributed by atoms with Crippen molar-refractivity contribution in [3.63, 3.8) is 0 Å². The Balaban J connectivity index is 0.000000807. The van der Waals surface area contributed by atoms with Crippen LogP contribution in [0.1, 0.15) is 33.3 Å². The highest BCUT2D eigenvalue weighted by Gasteiger charge is 2.16. The van der Waals surface area contributed by atoms with Crippen LogP contribution in [0.15, 0.2) is 60.9 Å². The molecule has 0 saturated heterocycles. The normalized spacial score (nSPS) is 10.5. The lowest BCUT2D eigenvalue weighted by atomic mass is 10.1. The Kier molecular flexibility index (Phi) is 8.58. The summed E-state index contributed by atoms with van der Waals surface area (Å²) in [5.74, 6) is 0.531. The van der Waals surface area contributed by atoms with E-state index in [0.29, 0.717) is 5.95 Å². The molecule has 2 aromatic heterocycles.